The lowest BCUT2D eigenvalue weighted by atomic mass is 10.1. The van der Waals surface area contributed by atoms with Crippen LogP contribution < -0.4 is 20.3 Å². The van der Waals surface area contributed by atoms with Crippen LogP contribution in [0.2, 0.25) is 0 Å². The molecule has 0 unspecified atom stereocenters. The molecular formula is C26H27N3O3. The third-order valence-electron chi connectivity index (χ3n) is 5.40. The molecule has 3 aromatic carbocycles. The molecule has 0 fully saturated rings. The summed E-state index contributed by atoms with van der Waals surface area (Å²) in [6.45, 7) is 3.70. The van der Waals surface area contributed by atoms with Crippen LogP contribution in [0.3, 0.4) is 0 Å². The van der Waals surface area contributed by atoms with Crippen molar-refractivity contribution in [2.75, 3.05) is 36.5 Å². The van der Waals surface area contributed by atoms with Crippen LogP contribution in [0, 0.1) is 6.92 Å². The van der Waals surface area contributed by atoms with E-state index < -0.39 is 0 Å². The molecule has 0 aliphatic carbocycles. The van der Waals surface area contributed by atoms with Crippen LogP contribution in [0.25, 0.3) is 0 Å². The van der Waals surface area contributed by atoms with Crippen LogP contribution in [0.5, 0.6) is 5.75 Å². The zero-order valence-corrected chi connectivity index (χ0v) is 18.1. The van der Waals surface area contributed by atoms with Crippen LogP contribution in [-0.4, -0.2) is 38.1 Å². The Morgan fingerprint density at radius 1 is 1.00 bits per heavy atom. The number of nitrogens with one attached hydrogen (secondary N) is 2. The molecule has 0 atom stereocenters. The summed E-state index contributed by atoms with van der Waals surface area (Å²) in [6.07, 6.45) is 0.882. The molecule has 3 aromatic rings. The smallest absolute Gasteiger partial charge is 0.258 e. The molecular weight excluding hydrogens is 402 g/mol. The van der Waals surface area contributed by atoms with E-state index in [1.165, 1.54) is 5.56 Å². The normalized spacial score (nSPS) is 12.2. The Bertz CT molecular complexity index is 1100. The van der Waals surface area contributed by atoms with E-state index in [4.69, 9.17) is 4.74 Å². The highest BCUT2D eigenvalue weighted by atomic mass is 16.5. The Morgan fingerprint density at radius 3 is 2.62 bits per heavy atom. The Balaban J connectivity index is 1.21. The van der Waals surface area contributed by atoms with Gasteiger partial charge in [-0.15, -0.1) is 0 Å². The molecule has 0 radical (unpaired) electrons. The summed E-state index contributed by atoms with van der Waals surface area (Å²) in [5.74, 6) is 0.670. The van der Waals surface area contributed by atoms with Gasteiger partial charge in [-0.25, -0.2) is 0 Å². The molecule has 6 nitrogen and oxygen atoms in total. The summed E-state index contributed by atoms with van der Waals surface area (Å²) in [5.41, 5.74) is 4.74. The van der Waals surface area contributed by atoms with Gasteiger partial charge in [0.25, 0.3) is 5.91 Å². The first kappa shape index (κ1) is 21.4. The maximum atomic E-state index is 12.9. The fourth-order valence-electron chi connectivity index (χ4n) is 3.74. The van der Waals surface area contributed by atoms with Crippen molar-refractivity contribution < 1.29 is 14.3 Å². The van der Waals surface area contributed by atoms with Crippen molar-refractivity contribution in [1.29, 1.82) is 0 Å². The van der Waals surface area contributed by atoms with Crippen molar-refractivity contribution in [3.05, 3.63) is 89.5 Å². The van der Waals surface area contributed by atoms with Gasteiger partial charge >= 0.3 is 0 Å². The number of benzene rings is 3. The summed E-state index contributed by atoms with van der Waals surface area (Å²) >= 11 is 0. The quantitative estimate of drug-likeness (QED) is 0.535. The lowest BCUT2D eigenvalue weighted by molar-refractivity contribution is -0.119. The molecule has 0 bridgehead atoms. The molecule has 164 valence electrons. The molecule has 0 saturated heterocycles. The summed E-state index contributed by atoms with van der Waals surface area (Å²) in [5, 5.41) is 5.91. The van der Waals surface area contributed by atoms with Crippen molar-refractivity contribution in [2.24, 2.45) is 0 Å². The van der Waals surface area contributed by atoms with Crippen molar-refractivity contribution in [1.82, 2.24) is 5.32 Å². The van der Waals surface area contributed by atoms with Crippen LogP contribution in [-0.2, 0) is 11.2 Å². The number of anilines is 2. The number of carbonyl (C=O) groups is 2. The van der Waals surface area contributed by atoms with Crippen molar-refractivity contribution in [3.63, 3.8) is 0 Å². The second-order valence-electron chi connectivity index (χ2n) is 7.78. The highest BCUT2D eigenvalue weighted by Crippen LogP contribution is 2.29. The van der Waals surface area contributed by atoms with Crippen LogP contribution >= 0.6 is 0 Å². The van der Waals surface area contributed by atoms with Gasteiger partial charge in [-0.1, -0.05) is 30.3 Å². The van der Waals surface area contributed by atoms with Crippen molar-refractivity contribution >= 4 is 23.2 Å². The van der Waals surface area contributed by atoms with Gasteiger partial charge in [0.2, 0.25) is 5.91 Å². The van der Waals surface area contributed by atoms with E-state index in [0.717, 1.165) is 29.1 Å². The fraction of sp³-hybridized carbons (Fsp3) is 0.231. The van der Waals surface area contributed by atoms with Gasteiger partial charge in [-0.05, 0) is 66.9 Å². The van der Waals surface area contributed by atoms with Gasteiger partial charge < -0.3 is 20.3 Å². The maximum absolute atomic E-state index is 12.9. The molecule has 4 rings (SSSR count). The highest BCUT2D eigenvalue weighted by Gasteiger charge is 2.24. The molecule has 0 spiro atoms. The van der Waals surface area contributed by atoms with Crippen molar-refractivity contribution in [3.8, 4) is 5.75 Å². The molecule has 32 heavy (non-hydrogen) atoms. The second kappa shape index (κ2) is 10.0. The molecule has 2 amide bonds. The van der Waals surface area contributed by atoms with E-state index in [1.54, 1.807) is 12.1 Å². The van der Waals surface area contributed by atoms with Gasteiger partial charge in [-0.2, -0.15) is 0 Å². The average Bonchev–Trinajstić information content (AvgIpc) is 3.25. The molecule has 0 aromatic heterocycles. The third-order valence-corrected chi connectivity index (χ3v) is 5.40. The van der Waals surface area contributed by atoms with Crippen LogP contribution in [0.4, 0.5) is 11.4 Å². The molecule has 1 aliphatic rings. The zero-order chi connectivity index (χ0) is 22.3. The number of amides is 2. The lowest BCUT2D eigenvalue weighted by Gasteiger charge is -2.17. The van der Waals surface area contributed by atoms with E-state index in [0.29, 0.717) is 25.3 Å². The predicted octanol–water partition coefficient (Wildman–Crippen LogP) is 3.81. The second-order valence-corrected chi connectivity index (χ2v) is 7.78. The minimum Gasteiger partial charge on any atom is -0.492 e. The number of ether oxygens (including phenoxy) is 1. The Morgan fingerprint density at radius 2 is 1.81 bits per heavy atom. The lowest BCUT2D eigenvalue weighted by Crippen LogP contribution is -2.33. The SMILES string of the molecule is Cc1cccc(OCCNC(=O)CNc2ccc(C(=O)N3CCc4ccccc43)cc2)c1. The van der Waals surface area contributed by atoms with Gasteiger partial charge in [0.15, 0.2) is 0 Å². The minimum absolute atomic E-state index is 0.00662. The Kier molecular flexibility index (Phi) is 6.70. The number of aryl methyl sites for hydroxylation is 1. The highest BCUT2D eigenvalue weighted by molar-refractivity contribution is 6.07. The number of hydrogen-bond donors (Lipinski definition) is 2. The van der Waals surface area contributed by atoms with E-state index in [-0.39, 0.29) is 18.4 Å². The Hall–Kier alpha value is -3.80. The monoisotopic (exact) mass is 429 g/mol. The molecule has 2 N–H and O–H groups in total. The van der Waals surface area contributed by atoms with E-state index in [2.05, 4.69) is 16.7 Å². The van der Waals surface area contributed by atoms with Gasteiger partial charge in [0.05, 0.1) is 13.1 Å². The first-order valence-electron chi connectivity index (χ1n) is 10.8. The standard InChI is InChI=1S/C26H27N3O3/c1-19-5-4-7-23(17-19)32-16-14-27-25(30)18-28-22-11-9-21(10-12-22)26(31)29-15-13-20-6-2-3-8-24(20)29/h2-12,17,28H,13-16,18H2,1H3,(H,27,30). The zero-order valence-electron chi connectivity index (χ0n) is 18.1. The molecule has 6 heteroatoms. The topological polar surface area (TPSA) is 70.7 Å². The first-order chi connectivity index (χ1) is 15.6. The van der Waals surface area contributed by atoms with Gasteiger partial charge in [-0.3, -0.25) is 9.59 Å². The number of fused-ring (bicyclic) bond motifs is 1. The Labute approximate surface area is 188 Å². The summed E-state index contributed by atoms with van der Waals surface area (Å²) in [4.78, 5) is 26.8. The number of para-hydroxylation sites is 1. The third kappa shape index (κ3) is 5.27. The minimum atomic E-state index is -0.119. The van der Waals surface area contributed by atoms with Gasteiger partial charge in [0.1, 0.15) is 12.4 Å². The number of nitrogens with zero attached hydrogens (tertiary/aromatic N) is 1. The molecule has 0 saturated carbocycles. The summed E-state index contributed by atoms with van der Waals surface area (Å²) < 4.78 is 5.63. The summed E-state index contributed by atoms with van der Waals surface area (Å²) in [7, 11) is 0. The average molecular weight is 430 g/mol. The molecule has 1 heterocycles. The largest absolute Gasteiger partial charge is 0.492 e. The van der Waals surface area contributed by atoms with E-state index in [1.807, 2.05) is 66.4 Å². The van der Waals surface area contributed by atoms with Crippen LogP contribution in [0.1, 0.15) is 21.5 Å². The van der Waals surface area contributed by atoms with E-state index in [9.17, 15) is 9.59 Å². The number of carbonyl (C=O) groups excluding carboxylic acids is 2. The fourth-order valence-corrected chi connectivity index (χ4v) is 3.74. The van der Waals surface area contributed by atoms with E-state index >= 15 is 0 Å². The first-order valence-corrected chi connectivity index (χ1v) is 10.8. The number of rotatable bonds is 8. The van der Waals surface area contributed by atoms with Crippen LogP contribution in [0.15, 0.2) is 72.8 Å². The maximum Gasteiger partial charge on any atom is 0.258 e. The molecule has 1 aliphatic heterocycles. The van der Waals surface area contributed by atoms with Crippen molar-refractivity contribution in [2.45, 2.75) is 13.3 Å². The summed E-state index contributed by atoms with van der Waals surface area (Å²) in [6, 6.07) is 23.0. The number of hydrogen-bond acceptors (Lipinski definition) is 4. The predicted molar refractivity (Wildman–Crippen MR) is 126 cm³/mol. The van der Waals surface area contributed by atoms with Gasteiger partial charge in [0, 0.05) is 23.5 Å².